The fraction of sp³-hybridized carbons (Fsp3) is 0.333. The number of imide groups is 1. The highest BCUT2D eigenvalue weighted by Crippen LogP contribution is 2.29. The van der Waals surface area contributed by atoms with E-state index in [1.165, 1.54) is 0 Å². The molecule has 0 unspecified atom stereocenters. The van der Waals surface area contributed by atoms with Crippen molar-refractivity contribution in [3.8, 4) is 0 Å². The number of nitrogens with zero attached hydrogens (tertiary/aromatic N) is 3. The molecular formula is C21H22F2N4O4S. The van der Waals surface area contributed by atoms with Crippen LogP contribution in [0, 0.1) is 11.6 Å². The third-order valence-corrected chi connectivity index (χ3v) is 7.77. The van der Waals surface area contributed by atoms with E-state index in [9.17, 15) is 26.8 Å². The van der Waals surface area contributed by atoms with Crippen molar-refractivity contribution in [1.29, 1.82) is 0 Å². The second-order valence-corrected chi connectivity index (χ2v) is 9.74. The molecule has 0 bridgehead atoms. The Morgan fingerprint density at radius 1 is 0.938 bits per heavy atom. The van der Waals surface area contributed by atoms with Crippen LogP contribution in [0.2, 0.25) is 0 Å². The third-order valence-electron chi connectivity index (χ3n) is 5.82. The third kappa shape index (κ3) is 3.76. The van der Waals surface area contributed by atoms with Gasteiger partial charge in [0.25, 0.3) is 5.91 Å². The van der Waals surface area contributed by atoms with Crippen LogP contribution in [0.4, 0.5) is 13.6 Å². The number of rotatable bonds is 5. The number of carbonyl (C=O) groups is 2. The van der Waals surface area contributed by atoms with Gasteiger partial charge < -0.3 is 5.32 Å². The molecule has 0 spiro atoms. The Morgan fingerprint density at radius 3 is 2.12 bits per heavy atom. The van der Waals surface area contributed by atoms with E-state index in [-0.39, 0.29) is 32.8 Å². The molecule has 11 heteroatoms. The maximum atomic E-state index is 14.0. The van der Waals surface area contributed by atoms with E-state index in [4.69, 9.17) is 0 Å². The Morgan fingerprint density at radius 2 is 1.53 bits per heavy atom. The number of sulfonamides is 1. The molecule has 4 rings (SSSR count). The molecule has 0 aromatic heterocycles. The highest BCUT2D eigenvalue weighted by molar-refractivity contribution is 7.89. The van der Waals surface area contributed by atoms with Crippen molar-refractivity contribution in [2.24, 2.45) is 0 Å². The van der Waals surface area contributed by atoms with Gasteiger partial charge >= 0.3 is 6.03 Å². The average molecular weight is 464 g/mol. The SMILES string of the molecule is C[C@@]1(c2ccccc2)NC(=O)N(CN2CCN(S(=O)(=O)c3c(F)cccc3F)CC2)C1=O. The van der Waals surface area contributed by atoms with Crippen LogP contribution in [0.5, 0.6) is 0 Å². The number of benzene rings is 2. The minimum atomic E-state index is -4.35. The molecule has 2 aliphatic heterocycles. The first kappa shape index (κ1) is 22.3. The number of carbonyl (C=O) groups excluding carboxylic acids is 2. The van der Waals surface area contributed by atoms with Gasteiger partial charge in [-0.25, -0.2) is 26.9 Å². The number of amides is 3. The average Bonchev–Trinajstić information content (AvgIpc) is 2.98. The summed E-state index contributed by atoms with van der Waals surface area (Å²) in [4.78, 5) is 27.4. The van der Waals surface area contributed by atoms with Gasteiger partial charge in [0.15, 0.2) is 4.90 Å². The first-order chi connectivity index (χ1) is 15.1. The molecule has 0 radical (unpaired) electrons. The minimum Gasteiger partial charge on any atom is -0.319 e. The summed E-state index contributed by atoms with van der Waals surface area (Å²) >= 11 is 0. The van der Waals surface area contributed by atoms with E-state index < -0.39 is 44.0 Å². The lowest BCUT2D eigenvalue weighted by molar-refractivity contribution is -0.132. The Bertz CT molecular complexity index is 1130. The molecule has 1 N–H and O–H groups in total. The topological polar surface area (TPSA) is 90.0 Å². The van der Waals surface area contributed by atoms with Gasteiger partial charge in [-0.1, -0.05) is 36.4 Å². The Hall–Kier alpha value is -2.89. The van der Waals surface area contributed by atoms with Crippen molar-refractivity contribution in [1.82, 2.24) is 19.4 Å². The molecule has 2 fully saturated rings. The Labute approximate surface area is 184 Å². The summed E-state index contributed by atoms with van der Waals surface area (Å²) in [5.41, 5.74) is -0.532. The summed E-state index contributed by atoms with van der Waals surface area (Å²) < 4.78 is 54.5. The van der Waals surface area contributed by atoms with Gasteiger partial charge in [0.05, 0.1) is 6.67 Å². The number of urea groups is 1. The van der Waals surface area contributed by atoms with Crippen molar-refractivity contribution in [3.63, 3.8) is 0 Å². The summed E-state index contributed by atoms with van der Waals surface area (Å²) in [6.45, 7) is 1.93. The molecule has 32 heavy (non-hydrogen) atoms. The second kappa shape index (κ2) is 8.23. The van der Waals surface area contributed by atoms with Crippen LogP contribution in [0.1, 0.15) is 12.5 Å². The molecule has 8 nitrogen and oxygen atoms in total. The van der Waals surface area contributed by atoms with E-state index in [1.807, 2.05) is 6.07 Å². The quantitative estimate of drug-likeness (QED) is 0.681. The largest absolute Gasteiger partial charge is 0.326 e. The van der Waals surface area contributed by atoms with Gasteiger partial charge in [-0.05, 0) is 24.6 Å². The highest BCUT2D eigenvalue weighted by Gasteiger charge is 2.49. The first-order valence-corrected chi connectivity index (χ1v) is 11.4. The van der Waals surface area contributed by atoms with E-state index in [0.29, 0.717) is 5.56 Å². The van der Waals surface area contributed by atoms with Crippen molar-refractivity contribution < 1.29 is 26.8 Å². The maximum Gasteiger partial charge on any atom is 0.326 e. The van der Waals surface area contributed by atoms with Crippen LogP contribution in [0.15, 0.2) is 53.4 Å². The summed E-state index contributed by atoms with van der Waals surface area (Å²) in [7, 11) is -4.35. The van der Waals surface area contributed by atoms with Crippen molar-refractivity contribution in [3.05, 3.63) is 65.7 Å². The summed E-state index contributed by atoms with van der Waals surface area (Å²) in [5, 5.41) is 2.72. The smallest absolute Gasteiger partial charge is 0.319 e. The minimum absolute atomic E-state index is 0.0188. The predicted octanol–water partition coefficient (Wildman–Crippen LogP) is 1.70. The van der Waals surface area contributed by atoms with Crippen LogP contribution < -0.4 is 5.32 Å². The molecule has 2 saturated heterocycles. The van der Waals surface area contributed by atoms with Crippen LogP contribution >= 0.6 is 0 Å². The van der Waals surface area contributed by atoms with Crippen LogP contribution in [-0.2, 0) is 20.4 Å². The van der Waals surface area contributed by atoms with Crippen molar-refractivity contribution in [2.75, 3.05) is 32.8 Å². The van der Waals surface area contributed by atoms with E-state index in [1.54, 1.807) is 36.1 Å². The lowest BCUT2D eigenvalue weighted by Gasteiger charge is -2.35. The fourth-order valence-corrected chi connectivity index (χ4v) is 5.49. The zero-order chi connectivity index (χ0) is 23.1. The Kier molecular flexibility index (Phi) is 5.74. The number of hydrogen-bond acceptors (Lipinski definition) is 5. The monoisotopic (exact) mass is 464 g/mol. The van der Waals surface area contributed by atoms with Crippen molar-refractivity contribution in [2.45, 2.75) is 17.4 Å². The van der Waals surface area contributed by atoms with Gasteiger partial charge in [0, 0.05) is 26.2 Å². The lowest BCUT2D eigenvalue weighted by atomic mass is 9.92. The molecule has 2 aliphatic rings. The van der Waals surface area contributed by atoms with Crippen LogP contribution in [0.3, 0.4) is 0 Å². The molecule has 2 aromatic rings. The van der Waals surface area contributed by atoms with Gasteiger partial charge in [0.2, 0.25) is 10.0 Å². The molecule has 170 valence electrons. The Balaban J connectivity index is 1.43. The molecule has 3 amide bonds. The highest BCUT2D eigenvalue weighted by atomic mass is 32.2. The molecule has 0 aliphatic carbocycles. The van der Waals surface area contributed by atoms with E-state index >= 15 is 0 Å². The zero-order valence-corrected chi connectivity index (χ0v) is 18.1. The summed E-state index contributed by atoms with van der Waals surface area (Å²) in [6, 6.07) is 11.2. The number of hydrogen-bond donors (Lipinski definition) is 1. The lowest BCUT2D eigenvalue weighted by Crippen LogP contribution is -2.53. The van der Waals surface area contributed by atoms with Crippen LogP contribution in [0.25, 0.3) is 0 Å². The van der Waals surface area contributed by atoms with Gasteiger partial charge in [0.1, 0.15) is 17.2 Å². The maximum absolute atomic E-state index is 14.0. The second-order valence-electron chi connectivity index (χ2n) is 7.87. The molecule has 2 heterocycles. The van der Waals surface area contributed by atoms with Gasteiger partial charge in [-0.3, -0.25) is 9.69 Å². The van der Waals surface area contributed by atoms with Gasteiger partial charge in [-0.15, -0.1) is 0 Å². The standard InChI is InChI=1S/C21H22F2N4O4S/c1-21(15-6-3-2-4-7-15)19(28)27(20(29)24-21)14-25-10-12-26(13-11-25)32(30,31)18-16(22)8-5-9-17(18)23/h2-9H,10-14H2,1H3,(H,24,29)/t21-/m0/s1. The molecule has 1 atom stereocenters. The molecule has 0 saturated carbocycles. The van der Waals surface area contributed by atoms with E-state index in [0.717, 1.165) is 27.4 Å². The first-order valence-electron chi connectivity index (χ1n) is 10.0. The number of piperazine rings is 1. The molecule has 2 aromatic carbocycles. The molecular weight excluding hydrogens is 442 g/mol. The normalized spacial score (nSPS) is 22.9. The summed E-state index contributed by atoms with van der Waals surface area (Å²) in [6.07, 6.45) is 0. The van der Waals surface area contributed by atoms with Gasteiger partial charge in [-0.2, -0.15) is 4.31 Å². The zero-order valence-electron chi connectivity index (χ0n) is 17.3. The number of halogens is 2. The van der Waals surface area contributed by atoms with Crippen molar-refractivity contribution >= 4 is 22.0 Å². The summed E-state index contributed by atoms with van der Waals surface area (Å²) in [5.74, 6) is -2.70. The number of nitrogens with one attached hydrogen (secondary N) is 1. The van der Waals surface area contributed by atoms with Crippen LogP contribution in [-0.4, -0.2) is 67.3 Å². The van der Waals surface area contributed by atoms with E-state index in [2.05, 4.69) is 5.32 Å². The fourth-order valence-electron chi connectivity index (χ4n) is 3.96. The predicted molar refractivity (Wildman–Crippen MR) is 111 cm³/mol.